The van der Waals surface area contributed by atoms with Crippen molar-refractivity contribution in [3.63, 3.8) is 0 Å². The number of benzene rings is 1. The zero-order chi connectivity index (χ0) is 36.2. The molecular formula is C42H71NO6. The van der Waals surface area contributed by atoms with E-state index in [0.717, 1.165) is 68.9 Å². The second kappa shape index (κ2) is 27.9. The second-order valence-electron chi connectivity index (χ2n) is 14.7. The van der Waals surface area contributed by atoms with Gasteiger partial charge in [0.2, 0.25) is 0 Å². The van der Waals surface area contributed by atoms with Crippen LogP contribution in [0.4, 0.5) is 4.79 Å². The molecule has 1 atom stereocenters. The molecule has 0 saturated carbocycles. The molecule has 0 aliphatic heterocycles. The summed E-state index contributed by atoms with van der Waals surface area (Å²) in [4.78, 5) is 39.3. The Morgan fingerprint density at radius 1 is 0.755 bits per heavy atom. The van der Waals surface area contributed by atoms with Crippen molar-refractivity contribution < 1.29 is 28.6 Å². The van der Waals surface area contributed by atoms with Crippen LogP contribution in [0.1, 0.15) is 168 Å². The largest absolute Gasteiger partial charge is 0.465 e. The quantitative estimate of drug-likeness (QED) is 0.0378. The molecule has 1 rings (SSSR count). The van der Waals surface area contributed by atoms with E-state index in [9.17, 15) is 14.4 Å². The number of allylic oxidation sites excluding steroid dienone is 1. The van der Waals surface area contributed by atoms with Crippen molar-refractivity contribution in [2.45, 2.75) is 176 Å². The average molecular weight is 686 g/mol. The number of ether oxygens (including phenoxy) is 3. The molecule has 0 saturated heterocycles. The third-order valence-electron chi connectivity index (χ3n) is 8.48. The van der Waals surface area contributed by atoms with Gasteiger partial charge in [-0.2, -0.15) is 0 Å². The van der Waals surface area contributed by atoms with E-state index in [1.807, 2.05) is 39.0 Å². The van der Waals surface area contributed by atoms with Crippen LogP contribution in [0.3, 0.4) is 0 Å². The van der Waals surface area contributed by atoms with Gasteiger partial charge in [0.1, 0.15) is 12.2 Å². The number of hydrogen-bond acceptors (Lipinski definition) is 6. The van der Waals surface area contributed by atoms with Crippen molar-refractivity contribution in [3.05, 3.63) is 47.5 Å². The van der Waals surface area contributed by atoms with Crippen LogP contribution in [-0.2, 0) is 36.8 Å². The molecule has 280 valence electrons. The van der Waals surface area contributed by atoms with Crippen LogP contribution in [0.2, 0.25) is 0 Å². The highest BCUT2D eigenvalue weighted by Crippen LogP contribution is 2.17. The topological polar surface area (TPSA) is 82.1 Å². The SMILES string of the molecule is CCCCCC/C=C\COC(=O)CCCc1cccc(CN(CCCCCCCC(=O)OCC(C)CCCCCC)C(=O)OC(C)(C)C)c1. The number of aryl methyl sites for hydroxylation is 1. The fourth-order valence-corrected chi connectivity index (χ4v) is 5.60. The number of unbranched alkanes of at least 4 members (excludes halogenated alkanes) is 11. The van der Waals surface area contributed by atoms with Crippen LogP contribution in [-0.4, -0.2) is 48.3 Å². The van der Waals surface area contributed by atoms with Gasteiger partial charge in [-0.25, -0.2) is 4.79 Å². The minimum Gasteiger partial charge on any atom is -0.465 e. The van der Waals surface area contributed by atoms with E-state index in [1.54, 1.807) is 4.90 Å². The first-order chi connectivity index (χ1) is 23.5. The van der Waals surface area contributed by atoms with Gasteiger partial charge in [-0.1, -0.05) is 121 Å². The van der Waals surface area contributed by atoms with E-state index >= 15 is 0 Å². The van der Waals surface area contributed by atoms with Crippen LogP contribution in [0.15, 0.2) is 36.4 Å². The Kier molecular flexibility index (Phi) is 25.2. The Bertz CT molecular complexity index is 1050. The molecule has 1 unspecified atom stereocenters. The van der Waals surface area contributed by atoms with Gasteiger partial charge in [0.25, 0.3) is 0 Å². The highest BCUT2D eigenvalue weighted by molar-refractivity contribution is 5.69. The Hall–Kier alpha value is -2.83. The first-order valence-corrected chi connectivity index (χ1v) is 19.6. The minimum absolute atomic E-state index is 0.0881. The third kappa shape index (κ3) is 25.8. The van der Waals surface area contributed by atoms with Gasteiger partial charge in [0, 0.05) is 25.9 Å². The fourth-order valence-electron chi connectivity index (χ4n) is 5.60. The van der Waals surface area contributed by atoms with E-state index < -0.39 is 5.60 Å². The molecule has 0 aromatic heterocycles. The summed E-state index contributed by atoms with van der Waals surface area (Å²) >= 11 is 0. The summed E-state index contributed by atoms with van der Waals surface area (Å²) in [5.41, 5.74) is 1.61. The summed E-state index contributed by atoms with van der Waals surface area (Å²) in [6.07, 6.45) is 22.8. The Labute approximate surface area is 299 Å². The lowest BCUT2D eigenvalue weighted by Crippen LogP contribution is -2.37. The van der Waals surface area contributed by atoms with Gasteiger partial charge in [0.15, 0.2) is 0 Å². The predicted octanol–water partition coefficient (Wildman–Crippen LogP) is 11.3. The summed E-state index contributed by atoms with van der Waals surface area (Å²) in [6, 6.07) is 8.24. The fraction of sp³-hybridized carbons (Fsp3) is 0.738. The van der Waals surface area contributed by atoms with Gasteiger partial charge in [-0.3, -0.25) is 9.59 Å². The lowest BCUT2D eigenvalue weighted by Gasteiger charge is -2.27. The smallest absolute Gasteiger partial charge is 0.410 e. The summed E-state index contributed by atoms with van der Waals surface area (Å²) in [7, 11) is 0. The molecule has 0 aliphatic carbocycles. The zero-order valence-electron chi connectivity index (χ0n) is 32.2. The summed E-state index contributed by atoms with van der Waals surface area (Å²) in [5.74, 6) is 0.171. The number of nitrogens with zero attached hydrogens (tertiary/aromatic N) is 1. The maximum absolute atomic E-state index is 13.1. The number of carbonyl (C=O) groups excluding carboxylic acids is 3. The molecule has 0 bridgehead atoms. The summed E-state index contributed by atoms with van der Waals surface area (Å²) in [5, 5.41) is 0. The molecule has 7 heteroatoms. The van der Waals surface area contributed by atoms with Crippen molar-refractivity contribution in [2.24, 2.45) is 5.92 Å². The van der Waals surface area contributed by atoms with Crippen LogP contribution in [0, 0.1) is 5.92 Å². The lowest BCUT2D eigenvalue weighted by atomic mass is 10.0. The van der Waals surface area contributed by atoms with Gasteiger partial charge < -0.3 is 19.1 Å². The Morgan fingerprint density at radius 2 is 1.39 bits per heavy atom. The first kappa shape index (κ1) is 44.2. The van der Waals surface area contributed by atoms with Crippen molar-refractivity contribution >= 4 is 18.0 Å². The zero-order valence-corrected chi connectivity index (χ0v) is 32.2. The normalized spacial score (nSPS) is 12.2. The van der Waals surface area contributed by atoms with Gasteiger partial charge in [-0.15, -0.1) is 0 Å². The van der Waals surface area contributed by atoms with E-state index in [0.29, 0.717) is 45.1 Å². The molecule has 0 aliphatic rings. The van der Waals surface area contributed by atoms with Crippen LogP contribution >= 0.6 is 0 Å². The Balaban J connectivity index is 2.42. The van der Waals surface area contributed by atoms with Crippen LogP contribution in [0.5, 0.6) is 0 Å². The van der Waals surface area contributed by atoms with Crippen molar-refractivity contribution in [1.82, 2.24) is 4.90 Å². The second-order valence-corrected chi connectivity index (χ2v) is 14.7. The van der Waals surface area contributed by atoms with Crippen molar-refractivity contribution in [1.29, 1.82) is 0 Å². The van der Waals surface area contributed by atoms with Gasteiger partial charge in [-0.05, 0) is 82.8 Å². The number of rotatable bonds is 28. The third-order valence-corrected chi connectivity index (χ3v) is 8.48. The van der Waals surface area contributed by atoms with Crippen LogP contribution in [0.25, 0.3) is 0 Å². The maximum atomic E-state index is 13.1. The first-order valence-electron chi connectivity index (χ1n) is 19.6. The Morgan fingerprint density at radius 3 is 2.12 bits per heavy atom. The number of hydrogen-bond donors (Lipinski definition) is 0. The average Bonchev–Trinajstić information content (AvgIpc) is 3.05. The number of amides is 1. The molecule has 0 fully saturated rings. The molecule has 1 amide bonds. The molecule has 0 N–H and O–H groups in total. The molecule has 1 aromatic rings. The highest BCUT2D eigenvalue weighted by atomic mass is 16.6. The van der Waals surface area contributed by atoms with Gasteiger partial charge in [0.05, 0.1) is 6.61 Å². The molecule has 49 heavy (non-hydrogen) atoms. The van der Waals surface area contributed by atoms with E-state index in [2.05, 4.69) is 39.0 Å². The van der Waals surface area contributed by atoms with Crippen LogP contribution < -0.4 is 0 Å². The number of esters is 2. The standard InChI is InChI=1S/C42H71NO6/c1-7-9-11-13-14-18-22-32-47-39(44)30-24-27-37-26-23-28-38(33-37)34-43(41(46)49-42(4,5)6)31-21-17-15-16-20-29-40(45)48-35-36(3)25-19-12-10-8-2/h18,22-23,26,28,33,36H,7-17,19-21,24-25,27,29-32,34-35H2,1-6H3/b22-18-. The molecular weight excluding hydrogens is 614 g/mol. The molecule has 0 spiro atoms. The van der Waals surface area contributed by atoms with Crippen molar-refractivity contribution in [2.75, 3.05) is 19.8 Å². The summed E-state index contributed by atoms with van der Waals surface area (Å²) < 4.78 is 16.6. The molecule has 0 heterocycles. The highest BCUT2D eigenvalue weighted by Gasteiger charge is 2.22. The molecule has 7 nitrogen and oxygen atoms in total. The molecule has 0 radical (unpaired) electrons. The van der Waals surface area contributed by atoms with Gasteiger partial charge >= 0.3 is 18.0 Å². The van der Waals surface area contributed by atoms with E-state index in [4.69, 9.17) is 14.2 Å². The van der Waals surface area contributed by atoms with E-state index in [-0.39, 0.29) is 18.0 Å². The van der Waals surface area contributed by atoms with E-state index in [1.165, 1.54) is 51.4 Å². The number of carbonyl (C=O) groups is 3. The predicted molar refractivity (Wildman–Crippen MR) is 201 cm³/mol. The monoisotopic (exact) mass is 686 g/mol. The lowest BCUT2D eigenvalue weighted by molar-refractivity contribution is -0.145. The molecule has 1 aromatic carbocycles. The summed E-state index contributed by atoms with van der Waals surface area (Å²) in [6.45, 7) is 14.2. The minimum atomic E-state index is -0.572. The maximum Gasteiger partial charge on any atom is 0.410 e. The van der Waals surface area contributed by atoms with Crippen molar-refractivity contribution in [3.8, 4) is 0 Å².